The zero-order chi connectivity index (χ0) is 13.6. The van der Waals surface area contributed by atoms with Crippen molar-refractivity contribution in [1.82, 2.24) is 0 Å². The van der Waals surface area contributed by atoms with Crippen LogP contribution in [0.2, 0.25) is 0 Å². The Morgan fingerprint density at radius 2 is 1.89 bits per heavy atom. The lowest BCUT2D eigenvalue weighted by Crippen LogP contribution is -2.02. The van der Waals surface area contributed by atoms with Crippen molar-refractivity contribution in [1.29, 1.82) is 0 Å². The Morgan fingerprint density at radius 3 is 2.58 bits per heavy atom. The van der Waals surface area contributed by atoms with Gasteiger partial charge in [-0.05, 0) is 13.0 Å². The first-order chi connectivity index (χ1) is 9.13. The number of hydrogen-bond acceptors (Lipinski definition) is 4. The molecule has 0 amide bonds. The number of aromatic hydroxyl groups is 1. The van der Waals surface area contributed by atoms with E-state index in [1.807, 2.05) is 12.1 Å². The number of phenolic OH excluding ortho intramolecular Hbond substituents is 1. The van der Waals surface area contributed by atoms with Gasteiger partial charge >= 0.3 is 5.97 Å². The summed E-state index contributed by atoms with van der Waals surface area (Å²) in [6, 6.07) is 8.98. The number of phenols is 1. The van der Waals surface area contributed by atoms with E-state index in [1.54, 1.807) is 25.1 Å². The number of carbonyl (C=O) groups is 1. The molecule has 4 heteroatoms. The summed E-state index contributed by atoms with van der Waals surface area (Å²) in [5.41, 5.74) is 0.736. The standard InChI is InChI=1S/C15H12O4/c1-8-7-11-12(15(17)18-2)13(16)9-5-3-4-6-10(9)14(11)19-8/h3-7,16H,1-2H3. The lowest BCUT2D eigenvalue weighted by atomic mass is 10.0. The van der Waals surface area contributed by atoms with Gasteiger partial charge in [0.2, 0.25) is 0 Å². The fourth-order valence-corrected chi connectivity index (χ4v) is 2.36. The van der Waals surface area contributed by atoms with Crippen molar-refractivity contribution in [2.75, 3.05) is 7.11 Å². The molecule has 0 spiro atoms. The molecule has 0 atom stereocenters. The molecule has 0 fully saturated rings. The molecule has 19 heavy (non-hydrogen) atoms. The summed E-state index contributed by atoms with van der Waals surface area (Å²) in [4.78, 5) is 11.9. The number of esters is 1. The number of furan rings is 1. The predicted octanol–water partition coefficient (Wildman–Crippen LogP) is 3.39. The van der Waals surface area contributed by atoms with Gasteiger partial charge in [-0.15, -0.1) is 0 Å². The van der Waals surface area contributed by atoms with Crippen molar-refractivity contribution in [2.45, 2.75) is 6.92 Å². The summed E-state index contributed by atoms with van der Waals surface area (Å²) in [7, 11) is 1.29. The third-order valence-electron chi connectivity index (χ3n) is 3.18. The minimum atomic E-state index is -0.575. The van der Waals surface area contributed by atoms with Crippen LogP contribution in [-0.4, -0.2) is 18.2 Å². The molecule has 1 N–H and O–H groups in total. The number of ether oxygens (including phenoxy) is 1. The van der Waals surface area contributed by atoms with Crippen molar-refractivity contribution >= 4 is 27.7 Å². The van der Waals surface area contributed by atoms with Gasteiger partial charge in [0.05, 0.1) is 7.11 Å². The minimum absolute atomic E-state index is 0.0734. The molecular weight excluding hydrogens is 244 g/mol. The molecule has 4 nitrogen and oxygen atoms in total. The summed E-state index contributed by atoms with van der Waals surface area (Å²) >= 11 is 0. The monoisotopic (exact) mass is 256 g/mol. The van der Waals surface area contributed by atoms with Gasteiger partial charge in [-0.25, -0.2) is 4.79 Å². The summed E-state index contributed by atoms with van der Waals surface area (Å²) < 4.78 is 10.4. The minimum Gasteiger partial charge on any atom is -0.506 e. The Morgan fingerprint density at radius 1 is 1.21 bits per heavy atom. The maximum atomic E-state index is 11.9. The van der Waals surface area contributed by atoms with E-state index in [-0.39, 0.29) is 11.3 Å². The smallest absolute Gasteiger partial charge is 0.342 e. The highest BCUT2D eigenvalue weighted by molar-refractivity contribution is 6.17. The number of aryl methyl sites for hydroxylation is 1. The van der Waals surface area contributed by atoms with Gasteiger partial charge in [0.1, 0.15) is 22.7 Å². The molecule has 96 valence electrons. The number of fused-ring (bicyclic) bond motifs is 3. The molecule has 2 aromatic carbocycles. The second-order valence-electron chi connectivity index (χ2n) is 4.36. The molecule has 1 aromatic heterocycles. The number of hydrogen-bond donors (Lipinski definition) is 1. The quantitative estimate of drug-likeness (QED) is 0.678. The molecule has 0 unspecified atom stereocenters. The van der Waals surface area contributed by atoms with E-state index >= 15 is 0 Å². The second-order valence-corrected chi connectivity index (χ2v) is 4.36. The van der Waals surface area contributed by atoms with Crippen molar-refractivity contribution in [2.24, 2.45) is 0 Å². The van der Waals surface area contributed by atoms with E-state index < -0.39 is 5.97 Å². The Kier molecular flexibility index (Phi) is 2.45. The number of methoxy groups -OCH3 is 1. The number of benzene rings is 2. The molecular formula is C15H12O4. The van der Waals surface area contributed by atoms with E-state index in [2.05, 4.69) is 0 Å². The summed E-state index contributed by atoms with van der Waals surface area (Å²) in [5, 5.41) is 12.2. The van der Waals surface area contributed by atoms with Crippen LogP contribution in [0.25, 0.3) is 21.7 Å². The van der Waals surface area contributed by atoms with Gasteiger partial charge in [-0.1, -0.05) is 24.3 Å². The average Bonchev–Trinajstić information content (AvgIpc) is 2.80. The van der Waals surface area contributed by atoms with Crippen molar-refractivity contribution in [3.63, 3.8) is 0 Å². The van der Waals surface area contributed by atoms with Crippen molar-refractivity contribution in [3.05, 3.63) is 41.7 Å². The molecule has 0 aliphatic rings. The Balaban J connectivity index is 2.58. The van der Waals surface area contributed by atoms with Crippen LogP contribution in [0, 0.1) is 6.92 Å². The molecule has 0 saturated heterocycles. The third kappa shape index (κ3) is 1.57. The number of carbonyl (C=O) groups excluding carboxylic acids is 1. The maximum Gasteiger partial charge on any atom is 0.342 e. The lowest BCUT2D eigenvalue weighted by molar-refractivity contribution is 0.0600. The van der Waals surface area contributed by atoms with Crippen LogP contribution in [0.5, 0.6) is 5.75 Å². The average molecular weight is 256 g/mol. The van der Waals surface area contributed by atoms with E-state index in [0.29, 0.717) is 22.1 Å². The van der Waals surface area contributed by atoms with Gasteiger partial charge < -0.3 is 14.3 Å². The fourth-order valence-electron chi connectivity index (χ4n) is 2.36. The predicted molar refractivity (Wildman–Crippen MR) is 71.5 cm³/mol. The SMILES string of the molecule is COC(=O)c1c(O)c2ccccc2c2oc(C)cc12. The molecule has 0 radical (unpaired) electrons. The van der Waals surface area contributed by atoms with E-state index in [9.17, 15) is 9.90 Å². The largest absolute Gasteiger partial charge is 0.506 e. The zero-order valence-electron chi connectivity index (χ0n) is 10.6. The van der Waals surface area contributed by atoms with Crippen LogP contribution in [0.3, 0.4) is 0 Å². The van der Waals surface area contributed by atoms with Crippen LogP contribution < -0.4 is 0 Å². The highest BCUT2D eigenvalue weighted by Crippen LogP contribution is 2.38. The highest BCUT2D eigenvalue weighted by Gasteiger charge is 2.22. The summed E-state index contributed by atoms with van der Waals surface area (Å²) in [6.07, 6.45) is 0. The lowest BCUT2D eigenvalue weighted by Gasteiger charge is -2.08. The van der Waals surface area contributed by atoms with Crippen molar-refractivity contribution < 1.29 is 19.1 Å². The molecule has 3 rings (SSSR count). The van der Waals surface area contributed by atoms with E-state index in [0.717, 1.165) is 5.39 Å². The van der Waals surface area contributed by atoms with Gasteiger partial charge in [0, 0.05) is 16.2 Å². The van der Waals surface area contributed by atoms with Crippen LogP contribution in [0.4, 0.5) is 0 Å². The molecule has 0 bridgehead atoms. The Hall–Kier alpha value is -2.49. The van der Waals surface area contributed by atoms with Crippen LogP contribution in [-0.2, 0) is 4.74 Å². The van der Waals surface area contributed by atoms with Crippen LogP contribution >= 0.6 is 0 Å². The van der Waals surface area contributed by atoms with Gasteiger partial charge in [0.25, 0.3) is 0 Å². The first kappa shape index (κ1) is 11.6. The topological polar surface area (TPSA) is 59.7 Å². The Labute approximate surface area is 109 Å². The fraction of sp³-hybridized carbons (Fsp3) is 0.133. The third-order valence-corrected chi connectivity index (χ3v) is 3.18. The van der Waals surface area contributed by atoms with Gasteiger partial charge in [-0.3, -0.25) is 0 Å². The molecule has 0 aliphatic heterocycles. The molecule has 0 aliphatic carbocycles. The Bertz CT molecular complexity index is 799. The highest BCUT2D eigenvalue weighted by atomic mass is 16.5. The molecule has 3 aromatic rings. The first-order valence-corrected chi connectivity index (χ1v) is 5.85. The van der Waals surface area contributed by atoms with Crippen molar-refractivity contribution in [3.8, 4) is 5.75 Å². The van der Waals surface area contributed by atoms with E-state index in [4.69, 9.17) is 9.15 Å². The maximum absolute atomic E-state index is 11.9. The molecule has 1 heterocycles. The second kappa shape index (κ2) is 4.02. The normalized spacial score (nSPS) is 11.1. The first-order valence-electron chi connectivity index (χ1n) is 5.85. The van der Waals surface area contributed by atoms with Crippen LogP contribution in [0.1, 0.15) is 16.1 Å². The number of rotatable bonds is 1. The summed E-state index contributed by atoms with van der Waals surface area (Å²) in [6.45, 7) is 1.80. The van der Waals surface area contributed by atoms with Gasteiger partial charge in [-0.2, -0.15) is 0 Å². The van der Waals surface area contributed by atoms with Crippen LogP contribution in [0.15, 0.2) is 34.7 Å². The molecule has 0 saturated carbocycles. The van der Waals surface area contributed by atoms with Gasteiger partial charge in [0.15, 0.2) is 0 Å². The summed E-state index contributed by atoms with van der Waals surface area (Å²) in [5.74, 6) is 0.0284. The zero-order valence-corrected chi connectivity index (χ0v) is 10.6. The van der Waals surface area contributed by atoms with E-state index in [1.165, 1.54) is 7.11 Å².